The average Bonchev–Trinajstić information content (AvgIpc) is 3.17. The molecule has 0 bridgehead atoms. The largest absolute Gasteiger partial charge is 0.327 e. The molecule has 0 saturated carbocycles. The van der Waals surface area contributed by atoms with E-state index < -0.39 is 0 Å². The number of hydrogen-bond acceptors (Lipinski definition) is 3. The van der Waals surface area contributed by atoms with Crippen LogP contribution in [-0.2, 0) is 6.54 Å². The van der Waals surface area contributed by atoms with Crippen LogP contribution in [0.25, 0.3) is 10.6 Å². The van der Waals surface area contributed by atoms with Crippen molar-refractivity contribution in [1.29, 1.82) is 0 Å². The Labute approximate surface area is 168 Å². The highest BCUT2D eigenvalue weighted by Crippen LogP contribution is 2.29. The summed E-state index contributed by atoms with van der Waals surface area (Å²) in [5, 5.41) is 3.82. The molecule has 138 valence electrons. The lowest BCUT2D eigenvalue weighted by molar-refractivity contribution is -0.917. The Kier molecular flexibility index (Phi) is 5.53. The lowest BCUT2D eigenvalue weighted by atomic mass is 10.2. The van der Waals surface area contributed by atoms with Crippen molar-refractivity contribution in [3.05, 3.63) is 76.3 Å². The molecule has 1 fully saturated rings. The van der Waals surface area contributed by atoms with Crippen molar-refractivity contribution < 1.29 is 9.69 Å². The highest BCUT2D eigenvalue weighted by molar-refractivity contribution is 7.13. The molecule has 27 heavy (non-hydrogen) atoms. The third-order valence-corrected chi connectivity index (χ3v) is 6.12. The quantitative estimate of drug-likeness (QED) is 0.733. The number of thiazole rings is 1. The fraction of sp³-hybridized carbons (Fsp3) is 0.238. The second-order valence-corrected chi connectivity index (χ2v) is 7.97. The number of rotatable bonds is 4. The van der Waals surface area contributed by atoms with Crippen molar-refractivity contribution >= 4 is 28.8 Å². The van der Waals surface area contributed by atoms with Crippen molar-refractivity contribution in [2.24, 2.45) is 0 Å². The first-order valence-electron chi connectivity index (χ1n) is 9.08. The summed E-state index contributed by atoms with van der Waals surface area (Å²) in [6, 6.07) is 17.3. The molecule has 1 aromatic heterocycles. The van der Waals surface area contributed by atoms with Gasteiger partial charge in [0.25, 0.3) is 5.91 Å². The van der Waals surface area contributed by atoms with Crippen LogP contribution in [-0.4, -0.2) is 42.0 Å². The Morgan fingerprint density at radius 2 is 1.78 bits per heavy atom. The molecule has 4 nitrogen and oxygen atoms in total. The van der Waals surface area contributed by atoms with Gasteiger partial charge in [-0.2, -0.15) is 0 Å². The SMILES string of the molecule is O=C(c1ccccc1)N1CC[NH+](Cc2csc(-c3ccccc3Cl)n2)CC1. The number of benzene rings is 2. The van der Waals surface area contributed by atoms with E-state index in [4.69, 9.17) is 16.6 Å². The average molecular weight is 399 g/mol. The van der Waals surface area contributed by atoms with Gasteiger partial charge in [0.2, 0.25) is 0 Å². The summed E-state index contributed by atoms with van der Waals surface area (Å²) in [4.78, 5) is 20.7. The zero-order valence-corrected chi connectivity index (χ0v) is 16.5. The molecule has 0 aliphatic carbocycles. The van der Waals surface area contributed by atoms with Gasteiger partial charge >= 0.3 is 0 Å². The Morgan fingerprint density at radius 1 is 1.07 bits per heavy atom. The highest BCUT2D eigenvalue weighted by atomic mass is 35.5. The third kappa shape index (κ3) is 4.21. The van der Waals surface area contributed by atoms with Crippen molar-refractivity contribution in [2.75, 3.05) is 26.2 Å². The molecule has 1 N–H and O–H groups in total. The Morgan fingerprint density at radius 3 is 2.52 bits per heavy atom. The summed E-state index contributed by atoms with van der Waals surface area (Å²) in [6.07, 6.45) is 0. The number of amides is 1. The maximum atomic E-state index is 12.6. The van der Waals surface area contributed by atoms with Crippen molar-refractivity contribution in [3.8, 4) is 10.6 Å². The molecule has 3 aromatic rings. The van der Waals surface area contributed by atoms with Crippen LogP contribution in [0.4, 0.5) is 0 Å². The van der Waals surface area contributed by atoms with Crippen LogP contribution in [0.5, 0.6) is 0 Å². The van der Waals surface area contributed by atoms with Crippen LogP contribution < -0.4 is 4.90 Å². The van der Waals surface area contributed by atoms with Gasteiger partial charge < -0.3 is 9.80 Å². The van der Waals surface area contributed by atoms with E-state index in [-0.39, 0.29) is 5.91 Å². The number of nitrogens with one attached hydrogen (secondary N) is 1. The van der Waals surface area contributed by atoms with Crippen LogP contribution in [0, 0.1) is 0 Å². The number of carbonyl (C=O) groups excluding carboxylic acids is 1. The Bertz CT molecular complexity index is 920. The molecule has 1 saturated heterocycles. The van der Waals surface area contributed by atoms with Gasteiger partial charge in [-0.3, -0.25) is 4.79 Å². The Hall–Kier alpha value is -2.21. The number of quaternary nitrogens is 1. The lowest BCUT2D eigenvalue weighted by Gasteiger charge is -2.32. The number of aromatic nitrogens is 1. The zero-order chi connectivity index (χ0) is 18.6. The Balaban J connectivity index is 1.35. The van der Waals surface area contributed by atoms with E-state index in [2.05, 4.69) is 5.38 Å². The van der Waals surface area contributed by atoms with E-state index >= 15 is 0 Å². The van der Waals surface area contributed by atoms with Crippen LogP contribution in [0.3, 0.4) is 0 Å². The van der Waals surface area contributed by atoms with Gasteiger partial charge in [-0.15, -0.1) is 11.3 Å². The minimum atomic E-state index is 0.129. The molecule has 4 rings (SSSR count). The second-order valence-electron chi connectivity index (χ2n) is 6.71. The predicted molar refractivity (Wildman–Crippen MR) is 109 cm³/mol. The standard InChI is InChI=1S/C21H20ClN3OS/c22-19-9-5-4-8-18(19)20-23-17(15-27-20)14-24-10-12-25(13-11-24)21(26)16-6-2-1-3-7-16/h1-9,15H,10-14H2/p+1. The molecule has 1 aliphatic rings. The van der Waals surface area contributed by atoms with Gasteiger partial charge in [0.05, 0.1) is 31.2 Å². The van der Waals surface area contributed by atoms with Gasteiger partial charge in [0.1, 0.15) is 17.2 Å². The number of nitrogens with zero attached hydrogens (tertiary/aromatic N) is 2. The molecule has 2 heterocycles. The summed E-state index contributed by atoms with van der Waals surface area (Å²) in [6.45, 7) is 4.33. The van der Waals surface area contributed by atoms with Crippen molar-refractivity contribution in [2.45, 2.75) is 6.54 Å². The van der Waals surface area contributed by atoms with Gasteiger partial charge in [-0.1, -0.05) is 48.0 Å². The molecule has 0 radical (unpaired) electrons. The molecule has 0 atom stereocenters. The number of carbonyl (C=O) groups is 1. The molecule has 1 amide bonds. The van der Waals surface area contributed by atoms with Crippen LogP contribution in [0.2, 0.25) is 5.02 Å². The molecule has 0 unspecified atom stereocenters. The molecule has 6 heteroatoms. The lowest BCUT2D eigenvalue weighted by Crippen LogP contribution is -3.13. The maximum Gasteiger partial charge on any atom is 0.254 e. The number of halogens is 1. The summed E-state index contributed by atoms with van der Waals surface area (Å²) >= 11 is 7.91. The monoisotopic (exact) mass is 398 g/mol. The van der Waals surface area contributed by atoms with E-state index in [1.165, 1.54) is 4.90 Å². The normalized spacial score (nSPS) is 15.1. The van der Waals surface area contributed by atoms with Crippen molar-refractivity contribution in [3.63, 3.8) is 0 Å². The minimum Gasteiger partial charge on any atom is -0.327 e. The van der Waals surface area contributed by atoms with Gasteiger partial charge in [-0.25, -0.2) is 4.98 Å². The van der Waals surface area contributed by atoms with Crippen LogP contribution in [0.15, 0.2) is 60.0 Å². The molecular formula is C21H21ClN3OS+. The van der Waals surface area contributed by atoms with Crippen molar-refractivity contribution in [1.82, 2.24) is 9.88 Å². The topological polar surface area (TPSA) is 37.6 Å². The smallest absolute Gasteiger partial charge is 0.254 e. The fourth-order valence-corrected chi connectivity index (χ4v) is 4.51. The van der Waals surface area contributed by atoms with E-state index in [0.717, 1.165) is 59.6 Å². The highest BCUT2D eigenvalue weighted by Gasteiger charge is 2.25. The third-order valence-electron chi connectivity index (χ3n) is 4.87. The van der Waals surface area contributed by atoms with E-state index in [9.17, 15) is 4.79 Å². The summed E-state index contributed by atoms with van der Waals surface area (Å²) in [5.41, 5.74) is 2.85. The second kappa shape index (κ2) is 8.21. The van der Waals surface area contributed by atoms with Gasteiger partial charge in [0, 0.05) is 16.5 Å². The fourth-order valence-electron chi connectivity index (χ4n) is 3.37. The van der Waals surface area contributed by atoms with Crippen LogP contribution >= 0.6 is 22.9 Å². The van der Waals surface area contributed by atoms with Crippen LogP contribution in [0.1, 0.15) is 16.1 Å². The summed E-state index contributed by atoms with van der Waals surface area (Å²) < 4.78 is 0. The number of piperazine rings is 1. The molecule has 0 spiro atoms. The van der Waals surface area contributed by atoms with E-state index in [0.29, 0.717) is 0 Å². The minimum absolute atomic E-state index is 0.129. The van der Waals surface area contributed by atoms with E-state index in [1.807, 2.05) is 59.5 Å². The first kappa shape index (κ1) is 18.2. The molecule has 2 aromatic carbocycles. The zero-order valence-electron chi connectivity index (χ0n) is 14.9. The molecule has 1 aliphatic heterocycles. The van der Waals surface area contributed by atoms with Gasteiger partial charge in [-0.05, 0) is 18.2 Å². The molecular weight excluding hydrogens is 378 g/mol. The van der Waals surface area contributed by atoms with Gasteiger partial charge in [0.15, 0.2) is 0 Å². The van der Waals surface area contributed by atoms with E-state index in [1.54, 1.807) is 11.3 Å². The maximum absolute atomic E-state index is 12.6. The summed E-state index contributed by atoms with van der Waals surface area (Å²) in [7, 11) is 0. The number of hydrogen-bond donors (Lipinski definition) is 1. The first-order chi connectivity index (χ1) is 13.2. The summed E-state index contributed by atoms with van der Waals surface area (Å²) in [5.74, 6) is 0.129. The predicted octanol–water partition coefficient (Wildman–Crippen LogP) is 3.00. The first-order valence-corrected chi connectivity index (χ1v) is 10.3.